The molecule has 2 aromatic carbocycles. The molecule has 1 aliphatic heterocycles. The number of benzene rings is 2. The van der Waals surface area contributed by atoms with E-state index in [4.69, 9.17) is 9.47 Å². The number of amides is 2. The number of alkyl halides is 1. The predicted octanol–water partition coefficient (Wildman–Crippen LogP) is 5.98. The summed E-state index contributed by atoms with van der Waals surface area (Å²) in [6.07, 6.45) is 3.05. The third kappa shape index (κ3) is 6.50. The maximum atomic E-state index is 12.8. The molecular weight excluding hydrogens is 457 g/mol. The van der Waals surface area contributed by atoms with Gasteiger partial charge in [-0.1, -0.05) is 44.2 Å². The maximum Gasteiger partial charge on any atom is 0.302 e. The van der Waals surface area contributed by atoms with Crippen molar-refractivity contribution in [3.8, 4) is 11.5 Å². The van der Waals surface area contributed by atoms with Gasteiger partial charge in [-0.15, -0.1) is 0 Å². The van der Waals surface area contributed by atoms with Crippen LogP contribution in [0.3, 0.4) is 0 Å². The van der Waals surface area contributed by atoms with Crippen molar-refractivity contribution in [3.63, 3.8) is 0 Å². The Morgan fingerprint density at radius 2 is 1.94 bits per heavy atom. The quantitative estimate of drug-likeness (QED) is 0.422. The molecule has 2 amide bonds. The lowest BCUT2D eigenvalue weighted by Gasteiger charge is -2.28. The molecule has 1 unspecified atom stereocenters. The minimum atomic E-state index is -0.951. The molecule has 0 aliphatic carbocycles. The van der Waals surface area contributed by atoms with Crippen molar-refractivity contribution in [1.82, 2.24) is 5.01 Å². The van der Waals surface area contributed by atoms with E-state index >= 15 is 0 Å². The number of carbonyl (C=O) groups excluding carboxylic acids is 2. The molecular formula is C25H30FN3O4S. The van der Waals surface area contributed by atoms with Gasteiger partial charge in [0.15, 0.2) is 11.5 Å². The van der Waals surface area contributed by atoms with Gasteiger partial charge in [-0.3, -0.25) is 9.59 Å². The fraction of sp³-hybridized carbons (Fsp3) is 0.400. The van der Waals surface area contributed by atoms with Gasteiger partial charge in [0.05, 0.1) is 24.6 Å². The number of carbonyl (C=O) groups is 2. The number of anilines is 1. The summed E-state index contributed by atoms with van der Waals surface area (Å²) in [6.45, 7) is 3.40. The van der Waals surface area contributed by atoms with Crippen molar-refractivity contribution in [1.29, 1.82) is 0 Å². The van der Waals surface area contributed by atoms with E-state index < -0.39 is 6.86 Å². The number of thioether (sulfide) groups is 1. The Hall–Kier alpha value is -3.07. The first-order valence-electron chi connectivity index (χ1n) is 11.3. The van der Waals surface area contributed by atoms with Crippen LogP contribution >= 0.6 is 11.8 Å². The van der Waals surface area contributed by atoms with Crippen LogP contribution in [0.15, 0.2) is 47.6 Å². The number of hydrazone groups is 1. The number of nitrogens with one attached hydrogen (secondary N) is 1. The van der Waals surface area contributed by atoms with E-state index in [9.17, 15) is 14.0 Å². The molecule has 0 bridgehead atoms. The van der Waals surface area contributed by atoms with E-state index in [1.807, 2.05) is 38.1 Å². The number of unbranched alkanes of at least 4 members (excludes halogenated alkanes) is 1. The lowest BCUT2D eigenvalue weighted by atomic mass is 10.0. The largest absolute Gasteiger partial charge is 0.493 e. The van der Waals surface area contributed by atoms with Crippen molar-refractivity contribution in [2.24, 2.45) is 5.10 Å². The smallest absolute Gasteiger partial charge is 0.302 e. The average molecular weight is 488 g/mol. The average Bonchev–Trinajstić information content (AvgIpc) is 2.85. The summed E-state index contributed by atoms with van der Waals surface area (Å²) >= 11 is 1.23. The van der Waals surface area contributed by atoms with Crippen molar-refractivity contribution in [2.45, 2.75) is 51.3 Å². The molecule has 9 heteroatoms. The molecule has 34 heavy (non-hydrogen) atoms. The van der Waals surface area contributed by atoms with Crippen molar-refractivity contribution in [2.75, 3.05) is 19.3 Å². The molecule has 0 radical (unpaired) electrons. The zero-order chi connectivity index (χ0) is 24.5. The normalized spacial score (nSPS) is 15.6. The topological polar surface area (TPSA) is 80.2 Å². The molecule has 0 aromatic heterocycles. The van der Waals surface area contributed by atoms with E-state index in [1.54, 1.807) is 18.2 Å². The van der Waals surface area contributed by atoms with Crippen LogP contribution in [0.4, 0.5) is 14.9 Å². The van der Waals surface area contributed by atoms with Gasteiger partial charge in [0.25, 0.3) is 0 Å². The number of rotatable bonds is 11. The molecule has 0 spiro atoms. The summed E-state index contributed by atoms with van der Waals surface area (Å²) < 4.78 is 22.9. The second kappa shape index (κ2) is 12.4. The molecule has 1 atom stereocenters. The van der Waals surface area contributed by atoms with Crippen LogP contribution in [0.5, 0.6) is 11.5 Å². The number of methoxy groups -OCH3 is 1. The zero-order valence-corrected chi connectivity index (χ0v) is 20.5. The highest BCUT2D eigenvalue weighted by Gasteiger charge is 2.30. The molecule has 1 heterocycles. The second-order valence-corrected chi connectivity index (χ2v) is 8.95. The van der Waals surface area contributed by atoms with Crippen molar-refractivity contribution >= 4 is 34.3 Å². The Kier molecular flexibility index (Phi) is 9.33. The SMILES string of the molecule is CCCCC(=O)Nc1ccc(CN2N=C(c3ccc(OCF)c(OC)c3)C(CC)SC2=O)cc1. The summed E-state index contributed by atoms with van der Waals surface area (Å²) in [6, 6.07) is 12.6. The molecule has 0 saturated heterocycles. The maximum absolute atomic E-state index is 12.8. The molecule has 3 rings (SSSR count). The van der Waals surface area contributed by atoms with Gasteiger partial charge in [0.1, 0.15) is 0 Å². The number of hydrogen-bond acceptors (Lipinski definition) is 6. The first-order valence-corrected chi connectivity index (χ1v) is 12.2. The summed E-state index contributed by atoms with van der Waals surface area (Å²) in [7, 11) is 1.49. The van der Waals surface area contributed by atoms with Gasteiger partial charge >= 0.3 is 5.24 Å². The van der Waals surface area contributed by atoms with E-state index in [0.717, 1.165) is 41.8 Å². The third-order valence-corrected chi connectivity index (χ3v) is 6.61. The minimum absolute atomic E-state index is 0.00424. The Labute approximate surface area is 203 Å². The molecule has 1 N–H and O–H groups in total. The number of ether oxygens (including phenoxy) is 2. The highest BCUT2D eigenvalue weighted by Crippen LogP contribution is 2.34. The van der Waals surface area contributed by atoms with Crippen LogP contribution in [0, 0.1) is 0 Å². The van der Waals surface area contributed by atoms with Crippen LogP contribution in [-0.2, 0) is 11.3 Å². The number of nitrogens with zero attached hydrogens (tertiary/aromatic N) is 2. The monoisotopic (exact) mass is 487 g/mol. The summed E-state index contributed by atoms with van der Waals surface area (Å²) in [4.78, 5) is 24.7. The van der Waals surface area contributed by atoms with Crippen LogP contribution in [0.2, 0.25) is 0 Å². The fourth-order valence-electron chi connectivity index (χ4n) is 3.53. The zero-order valence-electron chi connectivity index (χ0n) is 19.7. The van der Waals surface area contributed by atoms with Crippen LogP contribution in [-0.4, -0.2) is 41.1 Å². The lowest BCUT2D eigenvalue weighted by Crippen LogP contribution is -2.34. The van der Waals surface area contributed by atoms with Gasteiger partial charge in [-0.2, -0.15) is 5.10 Å². The molecule has 7 nitrogen and oxygen atoms in total. The fourth-order valence-corrected chi connectivity index (χ4v) is 4.46. The van der Waals surface area contributed by atoms with E-state index in [-0.39, 0.29) is 16.4 Å². The molecule has 1 aliphatic rings. The van der Waals surface area contributed by atoms with Gasteiger partial charge in [-0.25, -0.2) is 9.40 Å². The number of hydrogen-bond donors (Lipinski definition) is 1. The molecule has 2 aromatic rings. The highest BCUT2D eigenvalue weighted by atomic mass is 32.2. The van der Waals surface area contributed by atoms with Crippen LogP contribution < -0.4 is 14.8 Å². The molecule has 0 saturated carbocycles. The summed E-state index contributed by atoms with van der Waals surface area (Å²) in [5.41, 5.74) is 3.15. The second-order valence-electron chi connectivity index (χ2n) is 7.79. The van der Waals surface area contributed by atoms with E-state index in [2.05, 4.69) is 10.4 Å². The standard InChI is InChI=1S/C25H30FN3O4S/c1-4-6-7-23(30)27-19-11-8-17(9-12-19)15-29-25(31)34-22(5-2)24(28-29)18-10-13-20(33-16-26)21(14-18)32-3/h8-14,22H,4-7,15-16H2,1-3H3,(H,27,30). The molecule has 182 valence electrons. The lowest BCUT2D eigenvalue weighted by molar-refractivity contribution is -0.116. The Bertz CT molecular complexity index is 1030. The van der Waals surface area contributed by atoms with Crippen LogP contribution in [0.1, 0.15) is 50.7 Å². The van der Waals surface area contributed by atoms with Crippen molar-refractivity contribution < 1.29 is 23.5 Å². The third-order valence-electron chi connectivity index (χ3n) is 5.35. The van der Waals surface area contributed by atoms with Crippen molar-refractivity contribution in [3.05, 3.63) is 53.6 Å². The van der Waals surface area contributed by atoms with Gasteiger partial charge in [-0.05, 0) is 48.7 Å². The Balaban J connectivity index is 1.79. The van der Waals surface area contributed by atoms with E-state index in [1.165, 1.54) is 23.9 Å². The Morgan fingerprint density at radius 3 is 2.59 bits per heavy atom. The number of halogens is 1. The first kappa shape index (κ1) is 25.6. The highest BCUT2D eigenvalue weighted by molar-refractivity contribution is 8.14. The predicted molar refractivity (Wildman–Crippen MR) is 133 cm³/mol. The summed E-state index contributed by atoms with van der Waals surface area (Å²) in [5, 5.41) is 8.77. The Morgan fingerprint density at radius 1 is 1.18 bits per heavy atom. The summed E-state index contributed by atoms with van der Waals surface area (Å²) in [5.74, 6) is 0.703. The molecule has 0 fully saturated rings. The van der Waals surface area contributed by atoms with Gasteiger partial charge in [0.2, 0.25) is 12.8 Å². The van der Waals surface area contributed by atoms with E-state index in [0.29, 0.717) is 24.5 Å². The first-order chi connectivity index (χ1) is 16.5. The minimum Gasteiger partial charge on any atom is -0.493 e. The van der Waals surface area contributed by atoms with Crippen LogP contribution in [0.25, 0.3) is 0 Å². The van der Waals surface area contributed by atoms with Gasteiger partial charge < -0.3 is 14.8 Å². The van der Waals surface area contributed by atoms with Gasteiger partial charge in [0, 0.05) is 17.7 Å².